The van der Waals surface area contributed by atoms with Crippen LogP contribution in [0.25, 0.3) is 0 Å². The van der Waals surface area contributed by atoms with Gasteiger partial charge < -0.3 is 14.8 Å². The van der Waals surface area contributed by atoms with Crippen LogP contribution in [0.4, 0.5) is 5.82 Å². The summed E-state index contributed by atoms with van der Waals surface area (Å²) in [6.45, 7) is 0.890. The number of ether oxygens (including phenoxy) is 2. The van der Waals surface area contributed by atoms with Crippen LogP contribution >= 0.6 is 11.6 Å². The quantitative estimate of drug-likeness (QED) is 0.882. The molecule has 0 saturated carbocycles. The van der Waals surface area contributed by atoms with E-state index in [9.17, 15) is 4.79 Å². The Labute approximate surface area is 113 Å². The van der Waals surface area contributed by atoms with Gasteiger partial charge in [-0.2, -0.15) is 5.10 Å². The van der Waals surface area contributed by atoms with Crippen molar-refractivity contribution < 1.29 is 14.3 Å². The first kappa shape index (κ1) is 11.9. The maximum absolute atomic E-state index is 12.0. The molecule has 19 heavy (non-hydrogen) atoms. The Bertz CT molecular complexity index is 613. The average molecular weight is 280 g/mol. The van der Waals surface area contributed by atoms with E-state index in [0.29, 0.717) is 41.1 Å². The van der Waals surface area contributed by atoms with Gasteiger partial charge in [0.05, 0.1) is 11.2 Å². The molecule has 0 bridgehead atoms. The zero-order valence-corrected chi connectivity index (χ0v) is 10.5. The Hall–Kier alpha value is -2.21. The van der Waals surface area contributed by atoms with Crippen LogP contribution in [0.15, 0.2) is 24.4 Å². The monoisotopic (exact) mass is 279 g/mol. The largest absolute Gasteiger partial charge is 0.486 e. The topological polar surface area (TPSA) is 76.2 Å². The highest BCUT2D eigenvalue weighted by atomic mass is 35.5. The average Bonchev–Trinajstić information content (AvgIpc) is 2.91. The first-order valence-corrected chi connectivity index (χ1v) is 6.02. The molecule has 2 N–H and O–H groups in total. The van der Waals surface area contributed by atoms with Crippen molar-refractivity contribution in [2.24, 2.45) is 0 Å². The van der Waals surface area contributed by atoms with Crippen molar-refractivity contribution in [2.75, 3.05) is 18.5 Å². The number of amides is 1. The molecule has 2 heterocycles. The van der Waals surface area contributed by atoms with Crippen LogP contribution in [0.5, 0.6) is 11.5 Å². The molecule has 0 saturated heterocycles. The van der Waals surface area contributed by atoms with Crippen molar-refractivity contribution in [3.63, 3.8) is 0 Å². The van der Waals surface area contributed by atoms with Crippen LogP contribution in [-0.4, -0.2) is 29.3 Å². The van der Waals surface area contributed by atoms with Crippen LogP contribution in [0.3, 0.4) is 0 Å². The van der Waals surface area contributed by atoms with E-state index in [-0.39, 0.29) is 5.91 Å². The molecule has 6 nitrogen and oxygen atoms in total. The molecule has 0 atom stereocenters. The first-order valence-electron chi connectivity index (χ1n) is 5.64. The highest BCUT2D eigenvalue weighted by molar-refractivity contribution is 6.32. The standard InChI is InChI=1S/C12H10ClN3O3/c13-8-5-7(6-9-11(8)19-4-3-18-9)12(17)15-10-1-2-14-16-10/h1-2,5-6H,3-4H2,(H2,14,15,16,17). The van der Waals surface area contributed by atoms with Crippen LogP contribution < -0.4 is 14.8 Å². The van der Waals surface area contributed by atoms with Crippen LogP contribution in [0, 0.1) is 0 Å². The lowest BCUT2D eigenvalue weighted by molar-refractivity contribution is 0.102. The molecule has 1 amide bonds. The summed E-state index contributed by atoms with van der Waals surface area (Å²) in [6.07, 6.45) is 1.55. The molecule has 0 unspecified atom stereocenters. The Kier molecular flexibility index (Phi) is 3.00. The normalized spacial score (nSPS) is 13.1. The Morgan fingerprint density at radius 3 is 3.00 bits per heavy atom. The molecule has 3 rings (SSSR count). The van der Waals surface area contributed by atoms with Crippen LogP contribution in [-0.2, 0) is 0 Å². The molecule has 1 aliphatic heterocycles. The van der Waals surface area contributed by atoms with E-state index in [4.69, 9.17) is 21.1 Å². The first-order chi connectivity index (χ1) is 9.24. The Morgan fingerprint density at radius 2 is 2.21 bits per heavy atom. The zero-order valence-electron chi connectivity index (χ0n) is 9.77. The van der Waals surface area contributed by atoms with Gasteiger partial charge in [-0.25, -0.2) is 0 Å². The van der Waals surface area contributed by atoms with E-state index in [0.717, 1.165) is 0 Å². The van der Waals surface area contributed by atoms with E-state index >= 15 is 0 Å². The van der Waals surface area contributed by atoms with Gasteiger partial charge in [0.2, 0.25) is 0 Å². The number of aromatic nitrogens is 2. The van der Waals surface area contributed by atoms with Gasteiger partial charge in [-0.15, -0.1) is 0 Å². The second-order valence-electron chi connectivity index (χ2n) is 3.91. The maximum Gasteiger partial charge on any atom is 0.256 e. The molecule has 2 aromatic rings. The summed E-state index contributed by atoms with van der Waals surface area (Å²) >= 11 is 6.07. The molecule has 1 aromatic carbocycles. The zero-order chi connectivity index (χ0) is 13.2. The van der Waals surface area contributed by atoms with E-state index in [1.165, 1.54) is 0 Å². The number of anilines is 1. The molecule has 1 aliphatic rings. The Morgan fingerprint density at radius 1 is 1.37 bits per heavy atom. The number of aromatic amines is 1. The predicted octanol–water partition coefficient (Wildman–Crippen LogP) is 2.09. The number of hydrogen-bond acceptors (Lipinski definition) is 4. The minimum Gasteiger partial charge on any atom is -0.486 e. The smallest absolute Gasteiger partial charge is 0.256 e. The van der Waals surface area contributed by atoms with Crippen LogP contribution in [0.2, 0.25) is 5.02 Å². The molecule has 0 fully saturated rings. The number of hydrogen-bond donors (Lipinski definition) is 2. The van der Waals surface area contributed by atoms with Crippen molar-refractivity contribution in [1.29, 1.82) is 0 Å². The summed E-state index contributed by atoms with van der Waals surface area (Å²) in [5.74, 6) is 1.17. The number of halogens is 1. The van der Waals surface area contributed by atoms with Crippen molar-refractivity contribution in [3.8, 4) is 11.5 Å². The maximum atomic E-state index is 12.0. The molecule has 0 radical (unpaired) electrons. The number of carbonyl (C=O) groups is 1. The third-order valence-electron chi connectivity index (χ3n) is 2.61. The molecule has 0 aliphatic carbocycles. The number of nitrogens with zero attached hydrogens (tertiary/aromatic N) is 1. The lowest BCUT2D eigenvalue weighted by atomic mass is 10.2. The van der Waals surface area contributed by atoms with Gasteiger partial charge in [0, 0.05) is 11.6 Å². The fourth-order valence-electron chi connectivity index (χ4n) is 1.76. The van der Waals surface area contributed by atoms with Gasteiger partial charge in [-0.1, -0.05) is 11.6 Å². The van der Waals surface area contributed by atoms with E-state index in [1.54, 1.807) is 24.4 Å². The lowest BCUT2D eigenvalue weighted by Crippen LogP contribution is -2.17. The molecule has 1 aromatic heterocycles. The van der Waals surface area contributed by atoms with Gasteiger partial charge in [0.15, 0.2) is 11.5 Å². The molecular formula is C12H10ClN3O3. The molecule has 7 heteroatoms. The molecule has 0 spiro atoms. The number of H-pyrrole nitrogens is 1. The van der Waals surface area contributed by atoms with Gasteiger partial charge >= 0.3 is 0 Å². The summed E-state index contributed by atoms with van der Waals surface area (Å²) in [7, 11) is 0. The number of benzene rings is 1. The van der Waals surface area contributed by atoms with Crippen molar-refractivity contribution >= 4 is 23.3 Å². The van der Waals surface area contributed by atoms with Gasteiger partial charge in [-0.3, -0.25) is 9.89 Å². The summed E-state index contributed by atoms with van der Waals surface area (Å²) in [4.78, 5) is 12.0. The summed E-state index contributed by atoms with van der Waals surface area (Å²) in [5.41, 5.74) is 0.392. The number of rotatable bonds is 2. The summed E-state index contributed by atoms with van der Waals surface area (Å²) in [6, 6.07) is 4.80. The summed E-state index contributed by atoms with van der Waals surface area (Å²) in [5, 5.41) is 9.40. The van der Waals surface area contributed by atoms with Crippen molar-refractivity contribution in [2.45, 2.75) is 0 Å². The lowest BCUT2D eigenvalue weighted by Gasteiger charge is -2.20. The van der Waals surface area contributed by atoms with Gasteiger partial charge in [0.25, 0.3) is 5.91 Å². The molecule has 98 valence electrons. The van der Waals surface area contributed by atoms with Crippen molar-refractivity contribution in [3.05, 3.63) is 35.0 Å². The minimum atomic E-state index is -0.303. The van der Waals surface area contributed by atoms with E-state index in [2.05, 4.69) is 15.5 Å². The van der Waals surface area contributed by atoms with Gasteiger partial charge in [-0.05, 0) is 12.1 Å². The number of nitrogens with one attached hydrogen (secondary N) is 2. The third kappa shape index (κ3) is 2.34. The fourth-order valence-corrected chi connectivity index (χ4v) is 2.03. The SMILES string of the molecule is O=C(Nc1ccn[nH]1)c1cc(Cl)c2c(c1)OCCO2. The second-order valence-corrected chi connectivity index (χ2v) is 4.31. The minimum absolute atomic E-state index is 0.303. The predicted molar refractivity (Wildman–Crippen MR) is 69.0 cm³/mol. The van der Waals surface area contributed by atoms with E-state index < -0.39 is 0 Å². The van der Waals surface area contributed by atoms with Gasteiger partial charge in [0.1, 0.15) is 19.0 Å². The highest BCUT2D eigenvalue weighted by Crippen LogP contribution is 2.38. The summed E-state index contributed by atoms with van der Waals surface area (Å²) < 4.78 is 10.8. The highest BCUT2D eigenvalue weighted by Gasteiger charge is 2.19. The fraction of sp³-hybridized carbons (Fsp3) is 0.167. The van der Waals surface area contributed by atoms with E-state index in [1.807, 2.05) is 0 Å². The second kappa shape index (κ2) is 4.81. The molecular weight excluding hydrogens is 270 g/mol. The van der Waals surface area contributed by atoms with Crippen LogP contribution in [0.1, 0.15) is 10.4 Å². The Balaban J connectivity index is 1.88. The van der Waals surface area contributed by atoms with Crippen molar-refractivity contribution in [1.82, 2.24) is 10.2 Å². The third-order valence-corrected chi connectivity index (χ3v) is 2.89. The number of carbonyl (C=O) groups excluding carboxylic acids is 1. The number of fused-ring (bicyclic) bond motifs is 1.